The molecule has 1 aliphatic heterocycles. The van der Waals surface area contributed by atoms with E-state index in [9.17, 15) is 9.59 Å². The summed E-state index contributed by atoms with van der Waals surface area (Å²) in [5, 5.41) is 0.992. The number of amides is 1. The number of piperazine rings is 1. The molecular formula is C22H23N3O4. The van der Waals surface area contributed by atoms with Gasteiger partial charge in [-0.15, -0.1) is 0 Å². The molecule has 2 aromatic carbocycles. The average Bonchev–Trinajstić information content (AvgIpc) is 2.77. The minimum Gasteiger partial charge on any atom is -0.493 e. The third kappa shape index (κ3) is 3.63. The molecule has 0 atom stereocenters. The molecule has 0 spiro atoms. The quantitative estimate of drug-likeness (QED) is 0.737. The minimum absolute atomic E-state index is 0.0306. The molecule has 0 aliphatic carbocycles. The lowest BCUT2D eigenvalue weighted by Gasteiger charge is -2.36. The molecule has 1 saturated heterocycles. The largest absolute Gasteiger partial charge is 0.493 e. The van der Waals surface area contributed by atoms with Crippen LogP contribution in [-0.2, 0) is 0 Å². The monoisotopic (exact) mass is 393 g/mol. The van der Waals surface area contributed by atoms with Crippen LogP contribution < -0.4 is 19.9 Å². The van der Waals surface area contributed by atoms with E-state index in [1.54, 1.807) is 32.4 Å². The zero-order chi connectivity index (χ0) is 20.4. The van der Waals surface area contributed by atoms with Gasteiger partial charge in [-0.25, -0.2) is 0 Å². The first-order valence-corrected chi connectivity index (χ1v) is 9.49. The van der Waals surface area contributed by atoms with Gasteiger partial charge in [0.05, 0.1) is 25.4 Å². The Bertz CT molecular complexity index is 1100. The lowest BCUT2D eigenvalue weighted by atomic mass is 10.1. The molecule has 1 N–H and O–H groups in total. The number of pyridine rings is 1. The summed E-state index contributed by atoms with van der Waals surface area (Å²) >= 11 is 0. The third-order valence-electron chi connectivity index (χ3n) is 5.28. The van der Waals surface area contributed by atoms with Crippen LogP contribution in [0, 0.1) is 0 Å². The zero-order valence-corrected chi connectivity index (χ0v) is 16.5. The van der Waals surface area contributed by atoms with Gasteiger partial charge in [-0.05, 0) is 30.3 Å². The van der Waals surface area contributed by atoms with Gasteiger partial charge in [-0.2, -0.15) is 0 Å². The number of hydrogen-bond donors (Lipinski definition) is 1. The van der Waals surface area contributed by atoms with Crippen LogP contribution >= 0.6 is 0 Å². The summed E-state index contributed by atoms with van der Waals surface area (Å²) in [5.41, 5.74) is 2.27. The maximum Gasteiger partial charge on any atom is 0.254 e. The second-order valence-electron chi connectivity index (χ2n) is 6.91. The maximum atomic E-state index is 12.9. The highest BCUT2D eigenvalue weighted by molar-refractivity contribution is 5.95. The molecule has 7 heteroatoms. The Kier molecular flexibility index (Phi) is 5.12. The summed E-state index contributed by atoms with van der Waals surface area (Å²) in [5.74, 6) is 1.10. The van der Waals surface area contributed by atoms with E-state index in [0.717, 1.165) is 16.6 Å². The van der Waals surface area contributed by atoms with Crippen molar-refractivity contribution in [3.05, 3.63) is 64.4 Å². The van der Waals surface area contributed by atoms with Crippen LogP contribution in [-0.4, -0.2) is 56.2 Å². The Morgan fingerprint density at radius 3 is 2.41 bits per heavy atom. The van der Waals surface area contributed by atoms with E-state index in [1.165, 1.54) is 6.07 Å². The lowest BCUT2D eigenvalue weighted by molar-refractivity contribution is 0.0746. The van der Waals surface area contributed by atoms with Crippen molar-refractivity contribution in [2.45, 2.75) is 0 Å². The fourth-order valence-corrected chi connectivity index (χ4v) is 3.73. The van der Waals surface area contributed by atoms with Crippen molar-refractivity contribution in [3.8, 4) is 11.5 Å². The van der Waals surface area contributed by atoms with E-state index in [4.69, 9.17) is 9.47 Å². The van der Waals surface area contributed by atoms with Gasteiger partial charge in [-0.1, -0.05) is 12.1 Å². The molecule has 7 nitrogen and oxygen atoms in total. The van der Waals surface area contributed by atoms with Crippen molar-refractivity contribution in [1.82, 2.24) is 9.88 Å². The number of ether oxygens (including phenoxy) is 2. The van der Waals surface area contributed by atoms with Gasteiger partial charge in [-0.3, -0.25) is 9.59 Å². The van der Waals surface area contributed by atoms with Crippen molar-refractivity contribution < 1.29 is 14.3 Å². The maximum absolute atomic E-state index is 12.9. The van der Waals surface area contributed by atoms with Gasteiger partial charge in [0.2, 0.25) is 5.56 Å². The number of para-hydroxylation sites is 1. The molecule has 0 radical (unpaired) electrons. The molecule has 29 heavy (non-hydrogen) atoms. The van der Waals surface area contributed by atoms with Gasteiger partial charge in [0, 0.05) is 43.2 Å². The van der Waals surface area contributed by atoms with E-state index in [2.05, 4.69) is 9.88 Å². The first-order valence-electron chi connectivity index (χ1n) is 9.49. The van der Waals surface area contributed by atoms with E-state index >= 15 is 0 Å². The molecule has 3 aromatic rings. The predicted octanol–water partition coefficient (Wildman–Crippen LogP) is 2.51. The number of nitrogens with zero attached hydrogens (tertiary/aromatic N) is 2. The fourth-order valence-electron chi connectivity index (χ4n) is 3.73. The molecular weight excluding hydrogens is 370 g/mol. The highest BCUT2D eigenvalue weighted by atomic mass is 16.5. The van der Waals surface area contributed by atoms with Gasteiger partial charge in [0.25, 0.3) is 5.91 Å². The number of methoxy groups -OCH3 is 2. The van der Waals surface area contributed by atoms with Crippen LogP contribution in [0.1, 0.15) is 10.4 Å². The van der Waals surface area contributed by atoms with E-state index in [-0.39, 0.29) is 11.5 Å². The Morgan fingerprint density at radius 1 is 0.931 bits per heavy atom. The number of hydrogen-bond acceptors (Lipinski definition) is 5. The highest BCUT2D eigenvalue weighted by Crippen LogP contribution is 2.29. The Morgan fingerprint density at radius 2 is 1.69 bits per heavy atom. The van der Waals surface area contributed by atoms with Crippen LogP contribution in [0.15, 0.2) is 53.3 Å². The highest BCUT2D eigenvalue weighted by Gasteiger charge is 2.24. The number of aromatic amines is 1. The number of rotatable bonds is 4. The Labute approximate surface area is 168 Å². The van der Waals surface area contributed by atoms with E-state index in [1.807, 2.05) is 29.2 Å². The number of carbonyl (C=O) groups is 1. The fraction of sp³-hybridized carbons (Fsp3) is 0.273. The summed E-state index contributed by atoms with van der Waals surface area (Å²) in [4.78, 5) is 31.7. The zero-order valence-electron chi connectivity index (χ0n) is 16.5. The van der Waals surface area contributed by atoms with E-state index < -0.39 is 0 Å². The summed E-state index contributed by atoms with van der Waals surface area (Å²) in [6, 6.07) is 14.5. The molecule has 1 aromatic heterocycles. The van der Waals surface area contributed by atoms with Crippen LogP contribution in [0.2, 0.25) is 0 Å². The third-order valence-corrected chi connectivity index (χ3v) is 5.28. The van der Waals surface area contributed by atoms with Gasteiger partial charge >= 0.3 is 0 Å². The van der Waals surface area contributed by atoms with Crippen LogP contribution in [0.3, 0.4) is 0 Å². The number of nitrogens with one attached hydrogen (secondary N) is 1. The minimum atomic E-state index is -0.118. The molecule has 1 aliphatic rings. The first-order chi connectivity index (χ1) is 14.1. The molecule has 1 fully saturated rings. The summed E-state index contributed by atoms with van der Waals surface area (Å²) in [6.07, 6.45) is 0. The second-order valence-corrected chi connectivity index (χ2v) is 6.91. The second kappa shape index (κ2) is 7.87. The Hall–Kier alpha value is -3.48. The van der Waals surface area contributed by atoms with Crippen molar-refractivity contribution in [1.29, 1.82) is 0 Å². The topological polar surface area (TPSA) is 74.9 Å². The van der Waals surface area contributed by atoms with Gasteiger partial charge in [0.15, 0.2) is 11.5 Å². The smallest absolute Gasteiger partial charge is 0.254 e. The van der Waals surface area contributed by atoms with Crippen LogP contribution in [0.25, 0.3) is 10.9 Å². The standard InChI is InChI=1S/C22H23N3O4/c1-28-18-8-6-16(14-19(18)29-2)22(27)25-12-10-24(11-13-25)17-5-3-4-15-7-9-20(26)23-21(15)17/h3-9,14H,10-13H2,1-2H3,(H,23,26). The van der Waals surface area contributed by atoms with Crippen molar-refractivity contribution in [2.24, 2.45) is 0 Å². The molecule has 1 amide bonds. The molecule has 2 heterocycles. The van der Waals surface area contributed by atoms with Crippen molar-refractivity contribution in [2.75, 3.05) is 45.3 Å². The number of fused-ring (bicyclic) bond motifs is 1. The molecule has 0 unspecified atom stereocenters. The lowest BCUT2D eigenvalue weighted by Crippen LogP contribution is -2.48. The normalized spacial score (nSPS) is 14.1. The molecule has 150 valence electrons. The average molecular weight is 393 g/mol. The number of aromatic nitrogens is 1. The Balaban J connectivity index is 1.51. The van der Waals surface area contributed by atoms with Gasteiger partial charge < -0.3 is 24.3 Å². The van der Waals surface area contributed by atoms with Crippen LogP contribution in [0.5, 0.6) is 11.5 Å². The van der Waals surface area contributed by atoms with Crippen LogP contribution in [0.4, 0.5) is 5.69 Å². The summed E-state index contributed by atoms with van der Waals surface area (Å²) in [7, 11) is 3.12. The number of anilines is 1. The molecule has 0 bridgehead atoms. The number of H-pyrrole nitrogens is 1. The van der Waals surface area contributed by atoms with Crippen molar-refractivity contribution in [3.63, 3.8) is 0 Å². The van der Waals surface area contributed by atoms with Gasteiger partial charge in [0.1, 0.15) is 0 Å². The summed E-state index contributed by atoms with van der Waals surface area (Å²) in [6.45, 7) is 2.57. The predicted molar refractivity (Wildman–Crippen MR) is 112 cm³/mol. The summed E-state index contributed by atoms with van der Waals surface area (Å²) < 4.78 is 10.5. The molecule has 0 saturated carbocycles. The van der Waals surface area contributed by atoms with E-state index in [0.29, 0.717) is 43.2 Å². The van der Waals surface area contributed by atoms with Crippen molar-refractivity contribution >= 4 is 22.5 Å². The first kappa shape index (κ1) is 18.9. The number of benzene rings is 2. The number of carbonyl (C=O) groups excluding carboxylic acids is 1. The SMILES string of the molecule is COc1ccc(C(=O)N2CCN(c3cccc4ccc(=O)[nH]c34)CC2)cc1OC. The molecule has 4 rings (SSSR count).